The Bertz CT molecular complexity index is 1170. The van der Waals surface area contributed by atoms with Crippen molar-refractivity contribution in [3.63, 3.8) is 0 Å². The molecule has 0 spiro atoms. The number of sulfonamides is 1. The second-order valence-corrected chi connectivity index (χ2v) is 10.3. The van der Waals surface area contributed by atoms with Gasteiger partial charge in [-0.2, -0.15) is 4.31 Å². The quantitative estimate of drug-likeness (QED) is 0.658. The van der Waals surface area contributed by atoms with Crippen LogP contribution in [0.25, 0.3) is 0 Å². The highest BCUT2D eigenvalue weighted by Gasteiger charge is 2.35. The Morgan fingerprint density at radius 1 is 1.21 bits per heavy atom. The van der Waals surface area contributed by atoms with E-state index in [1.165, 1.54) is 27.4 Å². The van der Waals surface area contributed by atoms with Crippen LogP contribution in [0.15, 0.2) is 42.5 Å². The Balaban J connectivity index is 1.30. The first kappa shape index (κ1) is 23.2. The zero-order chi connectivity index (χ0) is 23.6. The van der Waals surface area contributed by atoms with Crippen LogP contribution in [-0.4, -0.2) is 57.0 Å². The number of nitrogens with zero attached hydrogens (tertiary/aromatic N) is 2. The smallest absolute Gasteiger partial charge is 0.227 e. The molecule has 2 aliphatic rings. The van der Waals surface area contributed by atoms with E-state index in [2.05, 4.69) is 5.32 Å². The number of halogens is 1. The monoisotopic (exact) mass is 475 g/mol. The van der Waals surface area contributed by atoms with E-state index in [-0.39, 0.29) is 43.6 Å². The van der Waals surface area contributed by atoms with Gasteiger partial charge in [-0.25, -0.2) is 12.8 Å². The minimum atomic E-state index is -3.56. The van der Waals surface area contributed by atoms with Gasteiger partial charge in [-0.1, -0.05) is 12.1 Å². The molecule has 1 unspecified atom stereocenters. The van der Waals surface area contributed by atoms with Crippen molar-refractivity contribution < 1.29 is 27.1 Å². The van der Waals surface area contributed by atoms with Crippen molar-refractivity contribution in [3.8, 4) is 5.75 Å². The summed E-state index contributed by atoms with van der Waals surface area (Å²) in [7, 11) is -1.97. The number of carbonyl (C=O) groups excluding carboxylic acids is 2. The zero-order valence-corrected chi connectivity index (χ0v) is 19.1. The van der Waals surface area contributed by atoms with Gasteiger partial charge in [-0.05, 0) is 47.9 Å². The van der Waals surface area contributed by atoms with E-state index in [9.17, 15) is 22.4 Å². The van der Waals surface area contributed by atoms with E-state index in [1.807, 2.05) is 18.2 Å². The van der Waals surface area contributed by atoms with Gasteiger partial charge in [-0.15, -0.1) is 0 Å². The summed E-state index contributed by atoms with van der Waals surface area (Å²) in [4.78, 5) is 26.2. The van der Waals surface area contributed by atoms with E-state index >= 15 is 0 Å². The maximum Gasteiger partial charge on any atom is 0.227 e. The number of hydrogen-bond acceptors (Lipinski definition) is 5. The van der Waals surface area contributed by atoms with Gasteiger partial charge in [0, 0.05) is 38.3 Å². The molecule has 2 amide bonds. The van der Waals surface area contributed by atoms with Gasteiger partial charge in [-0.3, -0.25) is 9.59 Å². The lowest BCUT2D eigenvalue weighted by atomic mass is 10.0. The molecule has 0 aromatic heterocycles. The second kappa shape index (κ2) is 9.48. The summed E-state index contributed by atoms with van der Waals surface area (Å²) in [6.07, 6.45) is 0.597. The molecule has 1 fully saturated rings. The van der Waals surface area contributed by atoms with Gasteiger partial charge in [0.25, 0.3) is 0 Å². The number of hydrogen-bond donors (Lipinski definition) is 1. The Morgan fingerprint density at radius 3 is 2.79 bits per heavy atom. The molecule has 0 aliphatic carbocycles. The van der Waals surface area contributed by atoms with Gasteiger partial charge in [0.2, 0.25) is 21.8 Å². The maximum absolute atomic E-state index is 13.5. The minimum Gasteiger partial charge on any atom is -0.497 e. The van der Waals surface area contributed by atoms with Gasteiger partial charge >= 0.3 is 0 Å². The van der Waals surface area contributed by atoms with Crippen LogP contribution in [0, 0.1) is 11.7 Å². The summed E-state index contributed by atoms with van der Waals surface area (Å²) in [5, 5.41) is 2.64. The first-order chi connectivity index (χ1) is 15.8. The Hall–Kier alpha value is -2.98. The number of methoxy groups -OCH3 is 1. The molecule has 0 radical (unpaired) electrons. The van der Waals surface area contributed by atoms with Crippen molar-refractivity contribution in [2.75, 3.05) is 37.4 Å². The molecule has 2 aromatic carbocycles. The fraction of sp³-hybridized carbons (Fsp3) is 0.391. The molecule has 4 rings (SSSR count). The number of rotatable bonds is 7. The van der Waals surface area contributed by atoms with Gasteiger partial charge in [0.15, 0.2) is 0 Å². The number of amides is 2. The number of carbonyl (C=O) groups is 2. The van der Waals surface area contributed by atoms with E-state index in [4.69, 9.17) is 4.74 Å². The highest BCUT2D eigenvalue weighted by molar-refractivity contribution is 7.89. The van der Waals surface area contributed by atoms with Crippen LogP contribution >= 0.6 is 0 Å². The predicted molar refractivity (Wildman–Crippen MR) is 121 cm³/mol. The number of ether oxygens (including phenoxy) is 1. The van der Waals surface area contributed by atoms with Crippen LogP contribution in [0.2, 0.25) is 0 Å². The lowest BCUT2D eigenvalue weighted by Gasteiger charge is -2.28. The molecule has 8 nitrogen and oxygen atoms in total. The van der Waals surface area contributed by atoms with Crippen molar-refractivity contribution in [3.05, 3.63) is 59.4 Å². The van der Waals surface area contributed by atoms with Crippen molar-refractivity contribution in [2.24, 2.45) is 5.92 Å². The normalized spacial score (nSPS) is 18.8. The van der Waals surface area contributed by atoms with Crippen molar-refractivity contribution in [2.45, 2.75) is 19.4 Å². The fourth-order valence-electron chi connectivity index (χ4n) is 4.22. The van der Waals surface area contributed by atoms with Crippen molar-refractivity contribution >= 4 is 27.5 Å². The molecule has 2 aliphatic heterocycles. The van der Waals surface area contributed by atoms with Crippen molar-refractivity contribution in [1.29, 1.82) is 0 Å². The van der Waals surface area contributed by atoms with E-state index < -0.39 is 21.8 Å². The van der Waals surface area contributed by atoms with E-state index in [0.717, 1.165) is 16.9 Å². The third-order valence-electron chi connectivity index (χ3n) is 6.06. The summed E-state index contributed by atoms with van der Waals surface area (Å²) >= 11 is 0. The van der Waals surface area contributed by atoms with Crippen LogP contribution in [0.3, 0.4) is 0 Å². The summed E-state index contributed by atoms with van der Waals surface area (Å²) in [6.45, 7) is 0.747. The van der Waals surface area contributed by atoms with Gasteiger partial charge in [0.05, 0.1) is 18.8 Å². The predicted octanol–water partition coefficient (Wildman–Crippen LogP) is 1.69. The van der Waals surface area contributed by atoms with E-state index in [0.29, 0.717) is 18.7 Å². The first-order valence-electron chi connectivity index (χ1n) is 10.7. The SMILES string of the molecule is COc1ccc2c(c1)CCN(S(=O)(=O)CCNC(=O)C1CC(=O)N(c3cccc(F)c3)C1)C2. The molecule has 33 heavy (non-hydrogen) atoms. The van der Waals surface area contributed by atoms with Crippen LogP contribution < -0.4 is 15.0 Å². The number of nitrogens with one attached hydrogen (secondary N) is 1. The summed E-state index contributed by atoms with van der Waals surface area (Å²) < 4.78 is 45.7. The molecule has 2 aromatic rings. The van der Waals surface area contributed by atoms with Gasteiger partial charge < -0.3 is 15.0 Å². The zero-order valence-electron chi connectivity index (χ0n) is 18.3. The van der Waals surface area contributed by atoms with Gasteiger partial charge in [0.1, 0.15) is 11.6 Å². The topological polar surface area (TPSA) is 96.0 Å². The Morgan fingerprint density at radius 2 is 2.03 bits per heavy atom. The molecule has 2 heterocycles. The molecule has 1 N–H and O–H groups in total. The Labute approximate surface area is 192 Å². The number of fused-ring (bicyclic) bond motifs is 1. The fourth-order valence-corrected chi connectivity index (χ4v) is 5.54. The molecule has 1 saturated heterocycles. The molecule has 0 saturated carbocycles. The average Bonchev–Trinajstić information content (AvgIpc) is 3.20. The van der Waals surface area contributed by atoms with Crippen LogP contribution in [-0.2, 0) is 32.6 Å². The second-order valence-electron chi connectivity index (χ2n) is 8.21. The third kappa shape index (κ3) is 5.17. The van der Waals surface area contributed by atoms with Crippen LogP contribution in [0.5, 0.6) is 5.75 Å². The number of anilines is 1. The first-order valence-corrected chi connectivity index (χ1v) is 12.3. The third-order valence-corrected chi connectivity index (χ3v) is 7.88. The summed E-state index contributed by atoms with van der Waals surface area (Å²) in [5.74, 6) is -1.20. The Kier molecular flexibility index (Phi) is 6.66. The molecular weight excluding hydrogens is 449 g/mol. The molecule has 0 bridgehead atoms. The lowest BCUT2D eigenvalue weighted by Crippen LogP contribution is -2.41. The van der Waals surface area contributed by atoms with E-state index in [1.54, 1.807) is 13.2 Å². The minimum absolute atomic E-state index is 0.00146. The molecule has 176 valence electrons. The molecule has 1 atom stereocenters. The lowest BCUT2D eigenvalue weighted by molar-refractivity contribution is -0.126. The highest BCUT2D eigenvalue weighted by atomic mass is 32.2. The highest BCUT2D eigenvalue weighted by Crippen LogP contribution is 2.27. The standard InChI is InChI=1S/C23H26FN3O5S/c1-32-21-6-5-17-14-26(9-7-16(17)11-21)33(30,31)10-8-25-23(29)18-12-22(28)27(15-18)20-4-2-3-19(24)13-20/h2-6,11,13,18H,7-10,12,14-15H2,1H3,(H,25,29). The van der Waals surface area contributed by atoms with Crippen LogP contribution in [0.1, 0.15) is 17.5 Å². The largest absolute Gasteiger partial charge is 0.497 e. The summed E-state index contributed by atoms with van der Waals surface area (Å²) in [6, 6.07) is 11.3. The van der Waals surface area contributed by atoms with Crippen LogP contribution in [0.4, 0.5) is 10.1 Å². The number of benzene rings is 2. The summed E-state index contributed by atoms with van der Waals surface area (Å²) in [5.41, 5.74) is 2.42. The maximum atomic E-state index is 13.5. The average molecular weight is 476 g/mol. The van der Waals surface area contributed by atoms with Crippen molar-refractivity contribution in [1.82, 2.24) is 9.62 Å². The molecular formula is C23H26FN3O5S. The molecule has 10 heteroatoms.